The minimum Gasteiger partial charge on any atom is -0.457 e. The molecule has 3 heterocycles. The van der Waals surface area contributed by atoms with E-state index in [1.165, 1.54) is 0 Å². The number of tetrazole rings is 1. The van der Waals surface area contributed by atoms with Crippen LogP contribution in [0.15, 0.2) is 33.6 Å². The number of hydrogen-bond donors (Lipinski definition) is 0. The molecule has 1 saturated heterocycles. The molecule has 1 aromatic carbocycles. The number of nitrogens with zero attached hydrogens (tertiary/aromatic N) is 6. The molecule has 1 atom stereocenters. The van der Waals surface area contributed by atoms with Crippen LogP contribution < -0.4 is 0 Å². The molecular weight excluding hydrogens is 396 g/mol. The summed E-state index contributed by atoms with van der Waals surface area (Å²) in [6, 6.07) is 6.76. The van der Waals surface area contributed by atoms with E-state index < -0.39 is 10.0 Å². The van der Waals surface area contributed by atoms with Crippen LogP contribution >= 0.6 is 0 Å². The van der Waals surface area contributed by atoms with E-state index in [9.17, 15) is 13.2 Å². The number of sulfonamides is 1. The monoisotopic (exact) mass is 418 g/mol. The van der Waals surface area contributed by atoms with Gasteiger partial charge in [-0.3, -0.25) is 4.79 Å². The summed E-state index contributed by atoms with van der Waals surface area (Å²) in [4.78, 5) is 14.7. The first kappa shape index (κ1) is 19.5. The number of ether oxygens (including phenoxy) is 1. The third kappa shape index (κ3) is 3.86. The van der Waals surface area contributed by atoms with Gasteiger partial charge < -0.3 is 9.64 Å². The second-order valence-corrected chi connectivity index (χ2v) is 8.67. The van der Waals surface area contributed by atoms with Crippen molar-refractivity contribution < 1.29 is 17.9 Å². The van der Waals surface area contributed by atoms with Crippen LogP contribution in [0.5, 0.6) is 0 Å². The molecule has 2 aliphatic heterocycles. The molecule has 2 aromatic rings. The maximum atomic E-state index is 12.6. The van der Waals surface area contributed by atoms with Crippen molar-refractivity contribution in [2.75, 3.05) is 13.1 Å². The largest absolute Gasteiger partial charge is 0.457 e. The number of hydrogen-bond acceptors (Lipinski definition) is 8. The van der Waals surface area contributed by atoms with E-state index in [1.54, 1.807) is 28.9 Å². The minimum absolute atomic E-state index is 0.0144. The van der Waals surface area contributed by atoms with Gasteiger partial charge >= 0.3 is 5.97 Å². The molecule has 0 spiro atoms. The fourth-order valence-electron chi connectivity index (χ4n) is 3.64. The Morgan fingerprint density at radius 1 is 1.31 bits per heavy atom. The van der Waals surface area contributed by atoms with E-state index in [-0.39, 0.29) is 23.4 Å². The van der Waals surface area contributed by atoms with Gasteiger partial charge in [-0.15, -0.1) is 9.50 Å². The van der Waals surface area contributed by atoms with Crippen molar-refractivity contribution in [3.8, 4) is 0 Å². The van der Waals surface area contributed by atoms with Gasteiger partial charge in [-0.2, -0.15) is 8.42 Å². The molecular formula is C18H22N6O4S. The Morgan fingerprint density at radius 3 is 2.97 bits per heavy atom. The van der Waals surface area contributed by atoms with Gasteiger partial charge in [0.1, 0.15) is 4.90 Å². The van der Waals surface area contributed by atoms with Crippen LogP contribution in [-0.2, 0) is 32.7 Å². The van der Waals surface area contributed by atoms with Gasteiger partial charge in [0.05, 0.1) is 5.92 Å². The van der Waals surface area contributed by atoms with Gasteiger partial charge in [0.15, 0.2) is 18.3 Å². The third-order valence-corrected chi connectivity index (χ3v) is 6.38. The van der Waals surface area contributed by atoms with Crippen LogP contribution in [0.2, 0.25) is 0 Å². The lowest BCUT2D eigenvalue weighted by atomic mass is 9.97. The average molecular weight is 418 g/mol. The fourth-order valence-corrected chi connectivity index (χ4v) is 4.87. The lowest BCUT2D eigenvalue weighted by Crippen LogP contribution is -2.42. The summed E-state index contributed by atoms with van der Waals surface area (Å²) < 4.78 is 35.7. The highest BCUT2D eigenvalue weighted by Gasteiger charge is 2.35. The van der Waals surface area contributed by atoms with Gasteiger partial charge in [-0.25, -0.2) is 4.68 Å². The van der Waals surface area contributed by atoms with Crippen molar-refractivity contribution in [1.29, 1.82) is 0 Å². The molecule has 0 aliphatic carbocycles. The fraction of sp³-hybridized carbons (Fsp3) is 0.500. The number of aryl methyl sites for hydroxylation is 1. The standard InChI is InChI=1S/C18H22N6O4S/c1-2-9-24-16(19-21-22-24)12-28-18(25)13-6-5-10-23(11-13)17-14-7-3-4-8-15(14)29(26,27)20-17/h3-4,7-8,13H,2,5-6,9-12H2,1H3/t13-/m1/s1. The van der Waals surface area contributed by atoms with Gasteiger partial charge in [-0.1, -0.05) is 19.1 Å². The van der Waals surface area contributed by atoms with E-state index in [2.05, 4.69) is 19.9 Å². The smallest absolute Gasteiger partial charge is 0.311 e. The van der Waals surface area contributed by atoms with E-state index >= 15 is 0 Å². The summed E-state index contributed by atoms with van der Waals surface area (Å²) in [6.45, 7) is 3.69. The van der Waals surface area contributed by atoms with Crippen LogP contribution in [0.3, 0.4) is 0 Å². The first-order valence-corrected chi connectivity index (χ1v) is 11.0. The topological polar surface area (TPSA) is 120 Å². The molecule has 154 valence electrons. The normalized spacial score (nSPS) is 20.2. The molecule has 0 amide bonds. The van der Waals surface area contributed by atoms with Crippen molar-refractivity contribution in [2.24, 2.45) is 10.3 Å². The van der Waals surface area contributed by atoms with Crippen LogP contribution in [0.1, 0.15) is 37.6 Å². The number of benzene rings is 1. The van der Waals surface area contributed by atoms with Gasteiger partial charge in [0.2, 0.25) is 0 Å². The molecule has 10 nitrogen and oxygen atoms in total. The molecule has 1 aromatic heterocycles. The molecule has 1 fully saturated rings. The molecule has 2 aliphatic rings. The summed E-state index contributed by atoms with van der Waals surface area (Å²) >= 11 is 0. The van der Waals surface area contributed by atoms with E-state index in [4.69, 9.17) is 4.74 Å². The molecule has 0 N–H and O–H groups in total. The number of esters is 1. The van der Waals surface area contributed by atoms with Crippen molar-refractivity contribution >= 4 is 21.8 Å². The Balaban J connectivity index is 1.44. The second-order valence-electron chi connectivity index (χ2n) is 7.10. The number of amidine groups is 1. The Morgan fingerprint density at radius 2 is 2.14 bits per heavy atom. The maximum absolute atomic E-state index is 12.6. The molecule has 0 bridgehead atoms. The van der Waals surface area contributed by atoms with Gasteiger partial charge in [0.25, 0.3) is 10.0 Å². The summed E-state index contributed by atoms with van der Waals surface area (Å²) in [5.74, 6) is 0.214. The highest BCUT2D eigenvalue weighted by Crippen LogP contribution is 2.30. The molecule has 11 heteroatoms. The van der Waals surface area contributed by atoms with E-state index in [0.29, 0.717) is 43.3 Å². The maximum Gasteiger partial charge on any atom is 0.311 e. The highest BCUT2D eigenvalue weighted by atomic mass is 32.2. The number of rotatable bonds is 5. The molecule has 0 saturated carbocycles. The molecule has 0 radical (unpaired) electrons. The Bertz CT molecular complexity index is 1050. The summed E-state index contributed by atoms with van der Waals surface area (Å²) in [7, 11) is -3.69. The summed E-state index contributed by atoms with van der Waals surface area (Å²) in [5, 5.41) is 11.4. The number of carbonyl (C=O) groups excluding carboxylic acids is 1. The van der Waals surface area contributed by atoms with Crippen molar-refractivity contribution in [3.05, 3.63) is 35.7 Å². The van der Waals surface area contributed by atoms with Crippen LogP contribution in [0.25, 0.3) is 0 Å². The van der Waals surface area contributed by atoms with Gasteiger partial charge in [-0.05, 0) is 41.8 Å². The van der Waals surface area contributed by atoms with Gasteiger partial charge in [0, 0.05) is 25.2 Å². The quantitative estimate of drug-likeness (QED) is 0.659. The number of piperidine rings is 1. The minimum atomic E-state index is -3.69. The highest BCUT2D eigenvalue weighted by molar-refractivity contribution is 7.90. The number of carbonyl (C=O) groups is 1. The van der Waals surface area contributed by atoms with Crippen molar-refractivity contribution in [2.45, 2.75) is 44.2 Å². The summed E-state index contributed by atoms with van der Waals surface area (Å²) in [6.07, 6.45) is 2.29. The van der Waals surface area contributed by atoms with E-state index in [0.717, 1.165) is 12.8 Å². The lowest BCUT2D eigenvalue weighted by molar-refractivity contribution is -0.151. The van der Waals surface area contributed by atoms with Crippen LogP contribution in [0, 0.1) is 5.92 Å². The zero-order valence-electron chi connectivity index (χ0n) is 16.1. The first-order valence-electron chi connectivity index (χ1n) is 9.60. The Kier molecular flexibility index (Phi) is 5.31. The SMILES string of the molecule is CCCn1nnnc1COC(=O)[C@@H]1CCCN(C2=NS(=O)(=O)c3ccccc32)C1. The number of likely N-dealkylation sites (tertiary alicyclic amines) is 1. The van der Waals surface area contributed by atoms with Crippen molar-refractivity contribution in [1.82, 2.24) is 25.1 Å². The number of aromatic nitrogens is 4. The predicted octanol–water partition coefficient (Wildman–Crippen LogP) is 0.987. The Hall–Kier alpha value is -2.82. The Labute approximate surface area is 168 Å². The lowest BCUT2D eigenvalue weighted by Gasteiger charge is -2.32. The third-order valence-electron chi connectivity index (χ3n) is 5.05. The van der Waals surface area contributed by atoms with Crippen LogP contribution in [-0.4, -0.2) is 58.4 Å². The molecule has 0 unspecified atom stereocenters. The summed E-state index contributed by atoms with van der Waals surface area (Å²) in [5.41, 5.74) is 0.584. The predicted molar refractivity (Wildman–Crippen MR) is 102 cm³/mol. The zero-order valence-corrected chi connectivity index (χ0v) is 16.9. The number of fused-ring (bicyclic) bond motifs is 1. The molecule has 4 rings (SSSR count). The molecule has 29 heavy (non-hydrogen) atoms. The van der Waals surface area contributed by atoms with E-state index in [1.807, 2.05) is 11.8 Å². The van der Waals surface area contributed by atoms with Crippen molar-refractivity contribution in [3.63, 3.8) is 0 Å². The van der Waals surface area contributed by atoms with Crippen LogP contribution in [0.4, 0.5) is 0 Å². The first-order chi connectivity index (χ1) is 14.0. The average Bonchev–Trinajstić information content (AvgIpc) is 3.28. The zero-order chi connectivity index (χ0) is 20.4. The second kappa shape index (κ2) is 7.90.